The van der Waals surface area contributed by atoms with Crippen molar-refractivity contribution in [3.05, 3.63) is 0 Å². The fraction of sp³-hybridized carbons (Fsp3) is 0.875. The maximum Gasteiger partial charge on any atom is 0.303 e. The van der Waals surface area contributed by atoms with Gasteiger partial charge in [-0.1, -0.05) is 19.8 Å². The Morgan fingerprint density at radius 3 is 2.55 bits per heavy atom. The minimum absolute atomic E-state index is 0.00764. The number of carboxylic acids is 1. The molecule has 0 aliphatic rings. The van der Waals surface area contributed by atoms with Crippen LogP contribution in [0, 0.1) is 5.92 Å². The summed E-state index contributed by atoms with van der Waals surface area (Å²) in [5.74, 6) is -0.868. The summed E-state index contributed by atoms with van der Waals surface area (Å²) in [6.07, 6.45) is 2.96. The fourth-order valence-corrected chi connectivity index (χ4v) is 0.998. The molecule has 0 rings (SSSR count). The molecule has 0 aromatic heterocycles. The highest BCUT2D eigenvalue weighted by Gasteiger charge is 2.10. The Morgan fingerprint density at radius 1 is 1.55 bits per heavy atom. The lowest BCUT2D eigenvalue weighted by molar-refractivity contribution is -0.138. The smallest absolute Gasteiger partial charge is 0.303 e. The Hall–Kier alpha value is -0.570. The van der Waals surface area contributed by atoms with E-state index in [1.165, 1.54) is 0 Å². The molecule has 3 heteroatoms. The van der Waals surface area contributed by atoms with Crippen molar-refractivity contribution in [2.45, 2.75) is 32.6 Å². The molecule has 0 amide bonds. The van der Waals surface area contributed by atoms with Crippen molar-refractivity contribution in [3.63, 3.8) is 0 Å². The molecule has 1 unspecified atom stereocenters. The van der Waals surface area contributed by atoms with Gasteiger partial charge in [-0.05, 0) is 12.3 Å². The van der Waals surface area contributed by atoms with Crippen LogP contribution in [0.25, 0.3) is 0 Å². The van der Waals surface area contributed by atoms with E-state index >= 15 is 0 Å². The van der Waals surface area contributed by atoms with Gasteiger partial charge in [0.1, 0.15) is 0 Å². The molecule has 3 nitrogen and oxygen atoms in total. The third-order valence-electron chi connectivity index (χ3n) is 1.69. The van der Waals surface area contributed by atoms with Gasteiger partial charge in [-0.15, -0.1) is 0 Å². The number of carbonyl (C=O) groups is 1. The van der Waals surface area contributed by atoms with Crippen molar-refractivity contribution in [3.8, 4) is 0 Å². The summed E-state index contributed by atoms with van der Waals surface area (Å²) in [4.78, 5) is 10.2. The quantitative estimate of drug-likeness (QED) is 0.615. The molecule has 0 radical (unpaired) electrons. The number of aliphatic hydroxyl groups excluding tert-OH is 1. The maximum absolute atomic E-state index is 10.2. The van der Waals surface area contributed by atoms with Gasteiger partial charge in [0, 0.05) is 6.61 Å². The molecule has 0 saturated carbocycles. The molecule has 0 saturated heterocycles. The minimum Gasteiger partial charge on any atom is -0.481 e. The highest BCUT2D eigenvalue weighted by Crippen LogP contribution is 2.11. The van der Waals surface area contributed by atoms with Crippen LogP contribution < -0.4 is 0 Å². The number of unbranched alkanes of at least 4 members (excludes halogenated alkanes) is 1. The Labute approximate surface area is 67.0 Å². The van der Waals surface area contributed by atoms with Crippen LogP contribution in [-0.4, -0.2) is 22.8 Å². The van der Waals surface area contributed by atoms with Crippen LogP contribution in [0.4, 0.5) is 0 Å². The van der Waals surface area contributed by atoms with E-state index in [1.54, 1.807) is 0 Å². The average Bonchev–Trinajstić information content (AvgIpc) is 1.97. The van der Waals surface area contributed by atoms with Crippen molar-refractivity contribution < 1.29 is 15.0 Å². The molecule has 0 fully saturated rings. The Morgan fingerprint density at radius 2 is 2.18 bits per heavy atom. The van der Waals surface area contributed by atoms with Gasteiger partial charge >= 0.3 is 5.97 Å². The molecule has 0 bridgehead atoms. The zero-order valence-electron chi connectivity index (χ0n) is 6.92. The Bertz CT molecular complexity index is 112. The zero-order valence-corrected chi connectivity index (χ0v) is 6.92. The summed E-state index contributed by atoms with van der Waals surface area (Å²) in [5, 5.41) is 17.1. The van der Waals surface area contributed by atoms with Crippen molar-refractivity contribution in [2.75, 3.05) is 6.61 Å². The summed E-state index contributed by atoms with van der Waals surface area (Å²) >= 11 is 0. The van der Waals surface area contributed by atoms with Gasteiger partial charge in [0.25, 0.3) is 0 Å². The van der Waals surface area contributed by atoms with Gasteiger partial charge < -0.3 is 10.2 Å². The van der Waals surface area contributed by atoms with Crippen molar-refractivity contribution in [1.82, 2.24) is 0 Å². The van der Waals surface area contributed by atoms with E-state index in [4.69, 9.17) is 10.2 Å². The van der Waals surface area contributed by atoms with Gasteiger partial charge in [-0.3, -0.25) is 4.79 Å². The number of hydrogen-bond donors (Lipinski definition) is 2. The van der Waals surface area contributed by atoms with Crippen LogP contribution in [0.15, 0.2) is 0 Å². The molecule has 0 aromatic rings. The first-order chi connectivity index (χ1) is 5.20. The predicted octanol–water partition coefficient (Wildman–Crippen LogP) is 1.26. The summed E-state index contributed by atoms with van der Waals surface area (Å²) in [6.45, 7) is 2.04. The molecule has 0 aromatic carbocycles. The minimum atomic E-state index is -0.819. The Kier molecular flexibility index (Phi) is 5.84. The van der Waals surface area contributed by atoms with Crippen molar-refractivity contribution >= 4 is 5.97 Å². The second kappa shape index (κ2) is 6.16. The molecule has 1 atom stereocenters. The Balaban J connectivity index is 3.49. The van der Waals surface area contributed by atoms with Crippen LogP contribution in [0.3, 0.4) is 0 Å². The van der Waals surface area contributed by atoms with Gasteiger partial charge in [0.15, 0.2) is 0 Å². The number of rotatable bonds is 6. The molecular weight excluding hydrogens is 144 g/mol. The van der Waals surface area contributed by atoms with E-state index in [1.807, 2.05) is 0 Å². The SMILES string of the molecule is CCCCC(CO)CC(=O)O. The number of hydrogen-bond acceptors (Lipinski definition) is 2. The molecule has 0 spiro atoms. The van der Waals surface area contributed by atoms with E-state index in [9.17, 15) is 4.79 Å². The molecular formula is C8H16O3. The predicted molar refractivity (Wildman–Crippen MR) is 42.4 cm³/mol. The second-order valence-electron chi connectivity index (χ2n) is 2.79. The van der Waals surface area contributed by atoms with E-state index < -0.39 is 5.97 Å². The highest BCUT2D eigenvalue weighted by atomic mass is 16.4. The van der Waals surface area contributed by atoms with E-state index in [0.717, 1.165) is 19.3 Å². The third-order valence-corrected chi connectivity index (χ3v) is 1.69. The third kappa shape index (κ3) is 5.85. The number of aliphatic hydroxyl groups is 1. The summed E-state index contributed by atoms with van der Waals surface area (Å²) < 4.78 is 0. The van der Waals surface area contributed by atoms with E-state index in [0.29, 0.717) is 0 Å². The van der Waals surface area contributed by atoms with Gasteiger partial charge in [-0.25, -0.2) is 0 Å². The molecule has 11 heavy (non-hydrogen) atoms. The van der Waals surface area contributed by atoms with Crippen LogP contribution in [0.1, 0.15) is 32.6 Å². The van der Waals surface area contributed by atoms with Crippen LogP contribution in [0.2, 0.25) is 0 Å². The van der Waals surface area contributed by atoms with Crippen LogP contribution in [-0.2, 0) is 4.79 Å². The molecule has 66 valence electrons. The first-order valence-corrected chi connectivity index (χ1v) is 4.03. The van der Waals surface area contributed by atoms with Crippen LogP contribution >= 0.6 is 0 Å². The number of aliphatic carboxylic acids is 1. The van der Waals surface area contributed by atoms with Crippen molar-refractivity contribution in [1.29, 1.82) is 0 Å². The zero-order chi connectivity index (χ0) is 8.69. The normalized spacial score (nSPS) is 12.9. The first kappa shape index (κ1) is 10.4. The molecule has 0 heterocycles. The standard InChI is InChI=1S/C8H16O3/c1-2-3-4-7(6-9)5-8(10)11/h7,9H,2-6H2,1H3,(H,10,11). The molecule has 0 aliphatic heterocycles. The topological polar surface area (TPSA) is 57.5 Å². The number of carboxylic acid groups (broad SMARTS) is 1. The van der Waals surface area contributed by atoms with E-state index in [2.05, 4.69) is 6.92 Å². The lowest BCUT2D eigenvalue weighted by Gasteiger charge is -2.09. The first-order valence-electron chi connectivity index (χ1n) is 4.03. The largest absolute Gasteiger partial charge is 0.481 e. The van der Waals surface area contributed by atoms with Crippen LogP contribution in [0.5, 0.6) is 0 Å². The maximum atomic E-state index is 10.2. The monoisotopic (exact) mass is 160 g/mol. The highest BCUT2D eigenvalue weighted by molar-refractivity contribution is 5.66. The van der Waals surface area contributed by atoms with E-state index in [-0.39, 0.29) is 18.9 Å². The second-order valence-corrected chi connectivity index (χ2v) is 2.79. The lowest BCUT2D eigenvalue weighted by atomic mass is 10.00. The molecule has 2 N–H and O–H groups in total. The fourth-order valence-electron chi connectivity index (χ4n) is 0.998. The van der Waals surface area contributed by atoms with Gasteiger partial charge in [-0.2, -0.15) is 0 Å². The van der Waals surface area contributed by atoms with Gasteiger partial charge in [0.05, 0.1) is 6.42 Å². The summed E-state index contributed by atoms with van der Waals surface area (Å²) in [6, 6.07) is 0. The average molecular weight is 160 g/mol. The lowest BCUT2D eigenvalue weighted by Crippen LogP contribution is -2.11. The molecule has 0 aliphatic carbocycles. The summed E-state index contributed by atoms with van der Waals surface area (Å²) in [5.41, 5.74) is 0. The van der Waals surface area contributed by atoms with Crippen molar-refractivity contribution in [2.24, 2.45) is 5.92 Å². The summed E-state index contributed by atoms with van der Waals surface area (Å²) in [7, 11) is 0. The van der Waals surface area contributed by atoms with Gasteiger partial charge in [0.2, 0.25) is 0 Å².